The van der Waals surface area contributed by atoms with Gasteiger partial charge in [-0.2, -0.15) is 0 Å². The molecule has 0 aromatic heterocycles. The van der Waals surface area contributed by atoms with E-state index in [-0.39, 0.29) is 23.7 Å². The van der Waals surface area contributed by atoms with Crippen molar-refractivity contribution in [3.8, 4) is 0 Å². The van der Waals surface area contributed by atoms with Gasteiger partial charge in [0.25, 0.3) is 0 Å². The number of nitrogens with zero attached hydrogens (tertiary/aromatic N) is 1. The Bertz CT molecular complexity index is 228. The summed E-state index contributed by atoms with van der Waals surface area (Å²) in [6.45, 7) is 3.90. The van der Waals surface area contributed by atoms with Gasteiger partial charge in [0.2, 0.25) is 11.8 Å². The maximum Gasteiger partial charge on any atom is 0.234 e. The van der Waals surface area contributed by atoms with Gasteiger partial charge in [-0.25, -0.2) is 0 Å². The molecule has 2 amide bonds. The molecule has 13 heavy (non-hydrogen) atoms. The number of fused-ring (bicyclic) bond motifs is 1. The van der Waals surface area contributed by atoms with E-state index in [0.717, 1.165) is 13.0 Å². The maximum absolute atomic E-state index is 11.7. The number of carbonyl (C=O) groups excluding carboxylic acids is 2. The highest BCUT2D eigenvalue weighted by atomic mass is 16.2. The summed E-state index contributed by atoms with van der Waals surface area (Å²) < 4.78 is 0. The molecule has 0 saturated carbocycles. The highest BCUT2D eigenvalue weighted by Crippen LogP contribution is 2.30. The second-order valence-corrected chi connectivity index (χ2v) is 3.63. The van der Waals surface area contributed by atoms with Gasteiger partial charge in [-0.3, -0.25) is 14.5 Å². The van der Waals surface area contributed by atoms with Crippen molar-refractivity contribution in [2.45, 2.75) is 13.3 Å². The van der Waals surface area contributed by atoms with Gasteiger partial charge in [0.05, 0.1) is 11.8 Å². The molecule has 2 fully saturated rings. The normalized spacial score (nSPS) is 33.8. The van der Waals surface area contributed by atoms with Crippen LogP contribution in [0.3, 0.4) is 0 Å². The molecule has 2 rings (SSSR count). The molecule has 2 aliphatic rings. The molecule has 0 aromatic rings. The van der Waals surface area contributed by atoms with Gasteiger partial charge in [-0.1, -0.05) is 0 Å². The Hall–Kier alpha value is -0.900. The molecule has 72 valence electrons. The fourth-order valence-corrected chi connectivity index (χ4v) is 2.23. The number of rotatable bonds is 1. The minimum Gasteiger partial charge on any atom is -0.316 e. The van der Waals surface area contributed by atoms with Crippen LogP contribution >= 0.6 is 0 Å². The Labute approximate surface area is 77.3 Å². The number of imide groups is 1. The van der Waals surface area contributed by atoms with Gasteiger partial charge < -0.3 is 5.32 Å². The minimum absolute atomic E-state index is 0.0182. The summed E-state index contributed by atoms with van der Waals surface area (Å²) in [6.07, 6.45) is 0.811. The Morgan fingerprint density at radius 2 is 2.08 bits per heavy atom. The van der Waals surface area contributed by atoms with Gasteiger partial charge in [0.1, 0.15) is 0 Å². The predicted molar refractivity (Wildman–Crippen MR) is 46.9 cm³/mol. The van der Waals surface area contributed by atoms with Crippen LogP contribution in [0.15, 0.2) is 0 Å². The number of hydrogen-bond acceptors (Lipinski definition) is 3. The molecule has 4 heteroatoms. The van der Waals surface area contributed by atoms with E-state index in [1.165, 1.54) is 4.90 Å². The van der Waals surface area contributed by atoms with Crippen molar-refractivity contribution in [1.82, 2.24) is 10.2 Å². The van der Waals surface area contributed by atoms with Gasteiger partial charge in [-0.15, -0.1) is 0 Å². The predicted octanol–water partition coefficient (Wildman–Crippen LogP) is -0.399. The number of carbonyl (C=O) groups is 2. The second-order valence-electron chi connectivity index (χ2n) is 3.63. The quantitative estimate of drug-likeness (QED) is 0.561. The van der Waals surface area contributed by atoms with Gasteiger partial charge >= 0.3 is 0 Å². The first-order chi connectivity index (χ1) is 6.25. The molecule has 2 heterocycles. The molecule has 2 atom stereocenters. The smallest absolute Gasteiger partial charge is 0.234 e. The molecule has 0 aliphatic carbocycles. The van der Waals surface area contributed by atoms with Crippen molar-refractivity contribution in [2.24, 2.45) is 11.8 Å². The average Bonchev–Trinajstić information content (AvgIpc) is 2.41. The van der Waals surface area contributed by atoms with Gasteiger partial charge in [0.15, 0.2) is 0 Å². The van der Waals surface area contributed by atoms with Crippen LogP contribution in [0.1, 0.15) is 13.3 Å². The topological polar surface area (TPSA) is 49.4 Å². The van der Waals surface area contributed by atoms with Gasteiger partial charge in [-0.05, 0) is 19.9 Å². The van der Waals surface area contributed by atoms with Crippen LogP contribution in [0.2, 0.25) is 0 Å². The molecule has 2 saturated heterocycles. The summed E-state index contributed by atoms with van der Waals surface area (Å²) in [6, 6.07) is 0. The highest BCUT2D eigenvalue weighted by molar-refractivity contribution is 6.05. The standard InChI is InChI=1S/C9H14N2O2/c1-2-11-8(12)6-3-4-10-5-7(6)9(11)13/h6-7,10H,2-5H2,1H3/t6-,7+/m1/s1. The van der Waals surface area contributed by atoms with Crippen LogP contribution < -0.4 is 5.32 Å². The maximum atomic E-state index is 11.7. The number of nitrogens with one attached hydrogen (secondary N) is 1. The van der Waals surface area contributed by atoms with E-state index in [0.29, 0.717) is 13.1 Å². The number of likely N-dealkylation sites (tertiary alicyclic amines) is 1. The summed E-state index contributed by atoms with van der Waals surface area (Å²) in [5.74, 6) is -0.0569. The average molecular weight is 182 g/mol. The first kappa shape index (κ1) is 8.69. The Kier molecular flexibility index (Phi) is 2.07. The van der Waals surface area contributed by atoms with Crippen LogP contribution in [0, 0.1) is 11.8 Å². The molecule has 0 aromatic carbocycles. The lowest BCUT2D eigenvalue weighted by Crippen LogP contribution is -2.38. The number of hydrogen-bond donors (Lipinski definition) is 1. The van der Waals surface area contributed by atoms with Gasteiger partial charge in [0, 0.05) is 13.1 Å². The number of piperidine rings is 1. The fourth-order valence-electron chi connectivity index (χ4n) is 2.23. The van der Waals surface area contributed by atoms with Crippen LogP contribution in [-0.2, 0) is 9.59 Å². The molecular weight excluding hydrogens is 168 g/mol. The third-order valence-corrected chi connectivity index (χ3v) is 2.96. The third kappa shape index (κ3) is 1.16. The zero-order chi connectivity index (χ0) is 9.42. The first-order valence-electron chi connectivity index (χ1n) is 4.81. The van der Waals surface area contributed by atoms with Crippen LogP contribution in [-0.4, -0.2) is 36.3 Å². The zero-order valence-electron chi connectivity index (χ0n) is 7.75. The van der Waals surface area contributed by atoms with E-state index >= 15 is 0 Å². The molecular formula is C9H14N2O2. The Balaban J connectivity index is 2.22. The molecule has 4 nitrogen and oxygen atoms in total. The zero-order valence-corrected chi connectivity index (χ0v) is 7.75. The van der Waals surface area contributed by atoms with Crippen LogP contribution in [0.25, 0.3) is 0 Å². The lowest BCUT2D eigenvalue weighted by atomic mass is 9.89. The van der Waals surface area contributed by atoms with E-state index in [2.05, 4.69) is 5.32 Å². The Morgan fingerprint density at radius 1 is 1.38 bits per heavy atom. The van der Waals surface area contributed by atoms with E-state index < -0.39 is 0 Å². The molecule has 1 N–H and O–H groups in total. The third-order valence-electron chi connectivity index (χ3n) is 2.96. The van der Waals surface area contributed by atoms with E-state index in [1.54, 1.807) is 0 Å². The monoisotopic (exact) mass is 182 g/mol. The van der Waals surface area contributed by atoms with Crippen molar-refractivity contribution >= 4 is 11.8 Å². The number of amides is 2. The summed E-state index contributed by atoms with van der Waals surface area (Å²) in [5, 5.41) is 3.15. The van der Waals surface area contributed by atoms with Crippen molar-refractivity contribution < 1.29 is 9.59 Å². The SMILES string of the molecule is CCN1C(=O)[C@H]2CNCC[C@H]2C1=O. The summed E-state index contributed by atoms with van der Waals surface area (Å²) >= 11 is 0. The van der Waals surface area contributed by atoms with Crippen molar-refractivity contribution in [3.05, 3.63) is 0 Å². The van der Waals surface area contributed by atoms with E-state index in [1.807, 2.05) is 6.92 Å². The fraction of sp³-hybridized carbons (Fsp3) is 0.778. The first-order valence-corrected chi connectivity index (χ1v) is 4.81. The molecule has 0 spiro atoms. The highest BCUT2D eigenvalue weighted by Gasteiger charge is 2.47. The minimum atomic E-state index is -0.0822. The summed E-state index contributed by atoms with van der Waals surface area (Å²) in [4.78, 5) is 24.7. The Morgan fingerprint density at radius 3 is 2.69 bits per heavy atom. The lowest BCUT2D eigenvalue weighted by Gasteiger charge is -2.21. The second kappa shape index (κ2) is 3.10. The summed E-state index contributed by atoms with van der Waals surface area (Å²) in [5.41, 5.74) is 0. The van der Waals surface area contributed by atoms with Crippen LogP contribution in [0.5, 0.6) is 0 Å². The summed E-state index contributed by atoms with van der Waals surface area (Å²) in [7, 11) is 0. The largest absolute Gasteiger partial charge is 0.316 e. The van der Waals surface area contributed by atoms with Crippen molar-refractivity contribution in [2.75, 3.05) is 19.6 Å². The van der Waals surface area contributed by atoms with Crippen molar-refractivity contribution in [1.29, 1.82) is 0 Å². The molecule has 2 aliphatic heterocycles. The van der Waals surface area contributed by atoms with Crippen molar-refractivity contribution in [3.63, 3.8) is 0 Å². The van der Waals surface area contributed by atoms with E-state index in [9.17, 15) is 9.59 Å². The van der Waals surface area contributed by atoms with E-state index in [4.69, 9.17) is 0 Å². The van der Waals surface area contributed by atoms with Crippen LogP contribution in [0.4, 0.5) is 0 Å². The molecule has 0 unspecified atom stereocenters. The molecule has 0 bridgehead atoms. The molecule has 0 radical (unpaired) electrons. The lowest BCUT2D eigenvalue weighted by molar-refractivity contribution is -0.139.